The van der Waals surface area contributed by atoms with Crippen molar-refractivity contribution in [1.82, 2.24) is 0 Å². The molecule has 1 N–H and O–H groups in total. The molecule has 16 heavy (non-hydrogen) atoms. The fraction of sp³-hybridized carbons (Fsp3) is 0.300. The Kier molecular flexibility index (Phi) is 4.25. The van der Waals surface area contributed by atoms with Gasteiger partial charge in [0.25, 0.3) is 5.69 Å². The molecule has 0 saturated carbocycles. The first-order valence-corrected chi connectivity index (χ1v) is 5.15. The molecule has 0 fully saturated rings. The maximum absolute atomic E-state index is 10.7. The zero-order valence-electron chi connectivity index (χ0n) is 9.03. The molecule has 0 aliphatic heterocycles. The Hall–Kier alpha value is -1.62. The van der Waals surface area contributed by atoms with Gasteiger partial charge in [-0.05, 0) is 25.5 Å². The molecule has 0 unspecified atom stereocenters. The van der Waals surface area contributed by atoms with Crippen molar-refractivity contribution < 1.29 is 4.92 Å². The second kappa shape index (κ2) is 5.46. The molecule has 0 atom stereocenters. The second-order valence-corrected chi connectivity index (χ2v) is 3.67. The lowest BCUT2D eigenvalue weighted by Gasteiger charge is -2.03. The number of hydrogen-bond acceptors (Lipinski definition) is 4. The molecule has 0 aliphatic carbocycles. The zero-order chi connectivity index (χ0) is 12.1. The SMILES string of the molecule is CC/C(C)=N/Nc1ccc(Cl)cc1[N+](=O)[O-]. The maximum Gasteiger partial charge on any atom is 0.295 e. The molecule has 0 heterocycles. The summed E-state index contributed by atoms with van der Waals surface area (Å²) in [5.74, 6) is 0. The Morgan fingerprint density at radius 2 is 2.31 bits per heavy atom. The van der Waals surface area contributed by atoms with E-state index >= 15 is 0 Å². The van der Waals surface area contributed by atoms with Crippen molar-refractivity contribution >= 4 is 28.7 Å². The molecule has 0 aliphatic rings. The second-order valence-electron chi connectivity index (χ2n) is 3.23. The highest BCUT2D eigenvalue weighted by atomic mass is 35.5. The third kappa shape index (κ3) is 3.20. The van der Waals surface area contributed by atoms with Crippen LogP contribution in [-0.4, -0.2) is 10.6 Å². The van der Waals surface area contributed by atoms with Crippen molar-refractivity contribution in [3.8, 4) is 0 Å². The Labute approximate surface area is 98.3 Å². The lowest BCUT2D eigenvalue weighted by molar-refractivity contribution is -0.383. The van der Waals surface area contributed by atoms with Crippen LogP contribution in [0.1, 0.15) is 20.3 Å². The first kappa shape index (κ1) is 12.4. The van der Waals surface area contributed by atoms with E-state index in [0.717, 1.165) is 12.1 Å². The first-order valence-electron chi connectivity index (χ1n) is 4.77. The number of hydrazone groups is 1. The molecular weight excluding hydrogens is 230 g/mol. The van der Waals surface area contributed by atoms with Crippen LogP contribution < -0.4 is 5.43 Å². The first-order chi connectivity index (χ1) is 7.54. The van der Waals surface area contributed by atoms with Crippen LogP contribution in [0.2, 0.25) is 5.02 Å². The number of nitro benzene ring substituents is 1. The molecule has 0 saturated heterocycles. The van der Waals surface area contributed by atoms with Crippen LogP contribution in [0, 0.1) is 10.1 Å². The Morgan fingerprint density at radius 1 is 1.62 bits per heavy atom. The summed E-state index contributed by atoms with van der Waals surface area (Å²) in [5.41, 5.74) is 3.78. The van der Waals surface area contributed by atoms with Gasteiger partial charge in [-0.2, -0.15) is 5.10 Å². The molecule has 0 spiro atoms. The van der Waals surface area contributed by atoms with Crippen molar-refractivity contribution in [3.63, 3.8) is 0 Å². The summed E-state index contributed by atoms with van der Waals surface area (Å²) in [6, 6.07) is 4.40. The average Bonchev–Trinajstić information content (AvgIpc) is 2.26. The molecule has 6 heteroatoms. The molecule has 86 valence electrons. The smallest absolute Gasteiger partial charge is 0.272 e. The van der Waals surface area contributed by atoms with Gasteiger partial charge in [-0.1, -0.05) is 18.5 Å². The van der Waals surface area contributed by atoms with Gasteiger partial charge in [0.15, 0.2) is 0 Å². The molecule has 0 bridgehead atoms. The van der Waals surface area contributed by atoms with E-state index < -0.39 is 4.92 Å². The Morgan fingerprint density at radius 3 is 2.88 bits per heavy atom. The van der Waals surface area contributed by atoms with E-state index in [1.807, 2.05) is 13.8 Å². The molecule has 0 amide bonds. The Balaban J connectivity index is 3.00. The van der Waals surface area contributed by atoms with E-state index in [4.69, 9.17) is 11.6 Å². The minimum atomic E-state index is -0.495. The van der Waals surface area contributed by atoms with Crippen LogP contribution in [0.25, 0.3) is 0 Å². The van der Waals surface area contributed by atoms with E-state index in [0.29, 0.717) is 10.7 Å². The van der Waals surface area contributed by atoms with Crippen LogP contribution in [-0.2, 0) is 0 Å². The number of hydrogen-bond donors (Lipinski definition) is 1. The van der Waals surface area contributed by atoms with Crippen molar-refractivity contribution in [2.24, 2.45) is 5.10 Å². The molecule has 1 rings (SSSR count). The lowest BCUT2D eigenvalue weighted by atomic mass is 10.3. The van der Waals surface area contributed by atoms with E-state index in [1.54, 1.807) is 6.07 Å². The highest BCUT2D eigenvalue weighted by Crippen LogP contribution is 2.27. The Bertz CT molecular complexity index is 432. The average molecular weight is 242 g/mol. The lowest BCUT2D eigenvalue weighted by Crippen LogP contribution is -1.99. The fourth-order valence-corrected chi connectivity index (χ4v) is 1.15. The monoisotopic (exact) mass is 241 g/mol. The molecule has 1 aromatic rings. The number of anilines is 1. The minimum Gasteiger partial charge on any atom is -0.272 e. The number of benzene rings is 1. The van der Waals surface area contributed by atoms with E-state index in [-0.39, 0.29) is 5.69 Å². The van der Waals surface area contributed by atoms with Crippen molar-refractivity contribution in [1.29, 1.82) is 0 Å². The third-order valence-corrected chi connectivity index (χ3v) is 2.27. The van der Waals surface area contributed by atoms with Gasteiger partial charge in [0, 0.05) is 16.8 Å². The summed E-state index contributed by atoms with van der Waals surface area (Å²) in [7, 11) is 0. The number of nitro groups is 1. The van der Waals surface area contributed by atoms with Crippen LogP contribution in [0.5, 0.6) is 0 Å². The third-order valence-electron chi connectivity index (χ3n) is 2.04. The highest BCUT2D eigenvalue weighted by Gasteiger charge is 2.13. The van der Waals surface area contributed by atoms with Gasteiger partial charge >= 0.3 is 0 Å². The molecule has 0 aromatic heterocycles. The summed E-state index contributed by atoms with van der Waals surface area (Å²) >= 11 is 5.68. The number of nitrogens with zero attached hydrogens (tertiary/aromatic N) is 2. The van der Waals surface area contributed by atoms with Gasteiger partial charge in [-0.25, -0.2) is 0 Å². The van der Waals surface area contributed by atoms with Crippen molar-refractivity contribution in [2.45, 2.75) is 20.3 Å². The zero-order valence-corrected chi connectivity index (χ0v) is 9.78. The van der Waals surface area contributed by atoms with Gasteiger partial charge in [-0.3, -0.25) is 15.5 Å². The number of rotatable bonds is 4. The number of nitrogens with one attached hydrogen (secondary N) is 1. The van der Waals surface area contributed by atoms with Gasteiger partial charge in [0.2, 0.25) is 0 Å². The van der Waals surface area contributed by atoms with Gasteiger partial charge in [0.1, 0.15) is 5.69 Å². The number of halogens is 1. The van der Waals surface area contributed by atoms with Crippen LogP contribution in [0.15, 0.2) is 23.3 Å². The fourth-order valence-electron chi connectivity index (χ4n) is 0.985. The maximum atomic E-state index is 10.7. The van der Waals surface area contributed by atoms with Gasteiger partial charge in [-0.15, -0.1) is 0 Å². The van der Waals surface area contributed by atoms with Crippen LogP contribution in [0.3, 0.4) is 0 Å². The van der Waals surface area contributed by atoms with E-state index in [9.17, 15) is 10.1 Å². The summed E-state index contributed by atoms with van der Waals surface area (Å²) in [6.07, 6.45) is 0.786. The largest absolute Gasteiger partial charge is 0.295 e. The predicted molar refractivity (Wildman–Crippen MR) is 65.1 cm³/mol. The van der Waals surface area contributed by atoms with E-state index in [2.05, 4.69) is 10.5 Å². The van der Waals surface area contributed by atoms with Gasteiger partial charge < -0.3 is 0 Å². The summed E-state index contributed by atoms with van der Waals surface area (Å²) in [4.78, 5) is 10.3. The standard InChI is InChI=1S/C10H12ClN3O2/c1-3-7(2)12-13-9-5-4-8(11)6-10(9)14(15)16/h4-6,13H,3H2,1-2H3/b12-7+. The van der Waals surface area contributed by atoms with Crippen LogP contribution >= 0.6 is 11.6 Å². The summed E-state index contributed by atoms with van der Waals surface area (Å²) in [5, 5.41) is 15.1. The normalized spacial score (nSPS) is 11.3. The van der Waals surface area contributed by atoms with Crippen molar-refractivity contribution in [3.05, 3.63) is 33.3 Å². The topological polar surface area (TPSA) is 67.5 Å². The van der Waals surface area contributed by atoms with Gasteiger partial charge in [0.05, 0.1) is 4.92 Å². The minimum absolute atomic E-state index is 0.0832. The quantitative estimate of drug-likeness (QED) is 0.499. The van der Waals surface area contributed by atoms with Crippen molar-refractivity contribution in [2.75, 3.05) is 5.43 Å². The summed E-state index contributed by atoms with van der Waals surface area (Å²) < 4.78 is 0. The van der Waals surface area contributed by atoms with Crippen LogP contribution in [0.4, 0.5) is 11.4 Å². The summed E-state index contributed by atoms with van der Waals surface area (Å²) in [6.45, 7) is 3.80. The predicted octanol–water partition coefficient (Wildman–Crippen LogP) is 3.45. The highest BCUT2D eigenvalue weighted by molar-refractivity contribution is 6.30. The molecule has 1 aromatic carbocycles. The molecule has 0 radical (unpaired) electrons. The molecular formula is C10H12ClN3O2. The van der Waals surface area contributed by atoms with E-state index in [1.165, 1.54) is 12.1 Å². The molecule has 5 nitrogen and oxygen atoms in total.